The summed E-state index contributed by atoms with van der Waals surface area (Å²) in [6.07, 6.45) is 1.48. The van der Waals surface area contributed by atoms with E-state index >= 15 is 0 Å². The molecule has 3 aromatic carbocycles. The van der Waals surface area contributed by atoms with Crippen LogP contribution in [0.5, 0.6) is 5.75 Å². The Morgan fingerprint density at radius 2 is 1.80 bits per heavy atom. The number of rotatable bonds is 6. The molecule has 0 heterocycles. The zero-order valence-electron chi connectivity index (χ0n) is 16.8. The van der Waals surface area contributed by atoms with Crippen LogP contribution in [-0.4, -0.2) is 5.91 Å². The van der Waals surface area contributed by atoms with Crippen molar-refractivity contribution in [3.8, 4) is 11.8 Å². The van der Waals surface area contributed by atoms with Crippen LogP contribution < -0.4 is 10.1 Å². The van der Waals surface area contributed by atoms with Gasteiger partial charge in [-0.3, -0.25) is 4.79 Å². The van der Waals surface area contributed by atoms with Crippen LogP contribution in [0, 0.1) is 31.0 Å². The molecule has 1 amide bonds. The van der Waals surface area contributed by atoms with Crippen molar-refractivity contribution in [3.63, 3.8) is 0 Å². The van der Waals surface area contributed by atoms with Crippen molar-refractivity contribution in [2.75, 3.05) is 5.32 Å². The standard InChI is InChI=1S/C25H21FN2O2/c1-17-7-8-19(13-18(17)2)16-30-24-6-4-3-5-20(24)14-21(15-27)25(29)28-23-11-9-22(26)10-12-23/h3-14H,16H2,1-2H3,(H,28,29)/b21-14+. The predicted molar refractivity (Wildman–Crippen MR) is 115 cm³/mol. The lowest BCUT2D eigenvalue weighted by Crippen LogP contribution is -2.13. The van der Waals surface area contributed by atoms with Crippen LogP contribution >= 0.6 is 0 Å². The molecule has 0 bridgehead atoms. The smallest absolute Gasteiger partial charge is 0.266 e. The maximum atomic E-state index is 13.0. The van der Waals surface area contributed by atoms with Crippen LogP contribution in [0.1, 0.15) is 22.3 Å². The van der Waals surface area contributed by atoms with Crippen molar-refractivity contribution in [3.05, 3.63) is 100 Å². The molecule has 0 unspecified atom stereocenters. The van der Waals surface area contributed by atoms with Crippen molar-refractivity contribution in [1.82, 2.24) is 0 Å². The summed E-state index contributed by atoms with van der Waals surface area (Å²) < 4.78 is 19.0. The molecule has 0 saturated carbocycles. The Morgan fingerprint density at radius 3 is 2.50 bits per heavy atom. The number of para-hydroxylation sites is 1. The van der Waals surface area contributed by atoms with Crippen LogP contribution in [0.4, 0.5) is 10.1 Å². The van der Waals surface area contributed by atoms with Crippen LogP contribution in [0.3, 0.4) is 0 Å². The van der Waals surface area contributed by atoms with E-state index in [-0.39, 0.29) is 5.57 Å². The second kappa shape index (κ2) is 9.53. The Morgan fingerprint density at radius 1 is 1.07 bits per heavy atom. The number of anilines is 1. The molecule has 0 aliphatic rings. The van der Waals surface area contributed by atoms with Crippen molar-refractivity contribution in [1.29, 1.82) is 5.26 Å². The summed E-state index contributed by atoms with van der Waals surface area (Å²) in [5.41, 5.74) is 4.38. The van der Waals surface area contributed by atoms with Gasteiger partial charge in [-0.2, -0.15) is 5.26 Å². The number of nitrogens with one attached hydrogen (secondary N) is 1. The van der Waals surface area contributed by atoms with Gasteiger partial charge < -0.3 is 10.1 Å². The maximum absolute atomic E-state index is 13.0. The Labute approximate surface area is 175 Å². The van der Waals surface area contributed by atoms with Gasteiger partial charge in [-0.15, -0.1) is 0 Å². The second-order valence-electron chi connectivity index (χ2n) is 6.88. The average molecular weight is 400 g/mol. The van der Waals surface area contributed by atoms with E-state index in [1.165, 1.54) is 41.5 Å². The molecule has 0 fully saturated rings. The predicted octanol–water partition coefficient (Wildman–Crippen LogP) is 5.57. The third kappa shape index (κ3) is 5.33. The minimum absolute atomic E-state index is 0.0819. The van der Waals surface area contributed by atoms with Gasteiger partial charge in [0, 0.05) is 11.3 Å². The summed E-state index contributed by atoms with van der Waals surface area (Å²) in [4.78, 5) is 12.5. The second-order valence-corrected chi connectivity index (χ2v) is 6.88. The normalized spacial score (nSPS) is 10.9. The van der Waals surface area contributed by atoms with E-state index in [9.17, 15) is 14.4 Å². The van der Waals surface area contributed by atoms with Gasteiger partial charge in [0.1, 0.15) is 29.8 Å². The molecule has 150 valence electrons. The zero-order chi connectivity index (χ0) is 21.5. The van der Waals surface area contributed by atoms with Crippen LogP contribution in [0.15, 0.2) is 72.3 Å². The first-order valence-electron chi connectivity index (χ1n) is 9.43. The van der Waals surface area contributed by atoms with Crippen molar-refractivity contribution in [2.45, 2.75) is 20.5 Å². The number of benzene rings is 3. The number of aryl methyl sites for hydroxylation is 2. The molecule has 3 aromatic rings. The molecule has 0 aliphatic carbocycles. The van der Waals surface area contributed by atoms with Gasteiger partial charge in [0.15, 0.2) is 0 Å². The molecule has 0 aromatic heterocycles. The molecule has 0 saturated heterocycles. The molecular weight excluding hydrogens is 379 g/mol. The Bertz CT molecular complexity index is 1130. The van der Waals surface area contributed by atoms with Gasteiger partial charge in [0.05, 0.1) is 0 Å². The van der Waals surface area contributed by atoms with Gasteiger partial charge in [-0.05, 0) is 66.9 Å². The summed E-state index contributed by atoms with van der Waals surface area (Å²) in [7, 11) is 0. The first-order chi connectivity index (χ1) is 14.5. The summed E-state index contributed by atoms with van der Waals surface area (Å²) in [5.74, 6) is -0.412. The monoisotopic (exact) mass is 400 g/mol. The summed E-state index contributed by atoms with van der Waals surface area (Å²) >= 11 is 0. The highest BCUT2D eigenvalue weighted by Crippen LogP contribution is 2.23. The van der Waals surface area contributed by atoms with E-state index in [0.29, 0.717) is 23.6 Å². The highest BCUT2D eigenvalue weighted by Gasteiger charge is 2.11. The number of amides is 1. The van der Waals surface area contributed by atoms with Crippen molar-refractivity contribution < 1.29 is 13.9 Å². The van der Waals surface area contributed by atoms with E-state index < -0.39 is 11.7 Å². The number of nitrogens with zero attached hydrogens (tertiary/aromatic N) is 1. The first kappa shape index (κ1) is 20.8. The summed E-state index contributed by atoms with van der Waals surface area (Å²) in [6.45, 7) is 4.48. The minimum Gasteiger partial charge on any atom is -0.488 e. The molecule has 1 N–H and O–H groups in total. The van der Waals surface area contributed by atoms with E-state index in [0.717, 1.165) is 5.56 Å². The van der Waals surface area contributed by atoms with E-state index in [1.54, 1.807) is 12.1 Å². The zero-order valence-corrected chi connectivity index (χ0v) is 16.8. The lowest BCUT2D eigenvalue weighted by Gasteiger charge is -2.11. The van der Waals surface area contributed by atoms with Gasteiger partial charge in [0.2, 0.25) is 0 Å². The molecule has 4 nitrogen and oxygen atoms in total. The molecule has 3 rings (SSSR count). The fourth-order valence-electron chi connectivity index (χ4n) is 2.82. The van der Waals surface area contributed by atoms with Gasteiger partial charge >= 0.3 is 0 Å². The lowest BCUT2D eigenvalue weighted by atomic mass is 10.1. The van der Waals surface area contributed by atoms with Crippen LogP contribution in [-0.2, 0) is 11.4 Å². The number of hydrogen-bond donors (Lipinski definition) is 1. The SMILES string of the molecule is Cc1ccc(COc2ccccc2/C=C(\C#N)C(=O)Nc2ccc(F)cc2)cc1C. The third-order valence-electron chi connectivity index (χ3n) is 4.65. The average Bonchev–Trinajstić information content (AvgIpc) is 2.75. The van der Waals surface area contributed by atoms with Crippen molar-refractivity contribution in [2.24, 2.45) is 0 Å². The van der Waals surface area contributed by atoms with Gasteiger partial charge in [-0.1, -0.05) is 36.4 Å². The number of ether oxygens (including phenoxy) is 1. The topological polar surface area (TPSA) is 62.1 Å². The van der Waals surface area contributed by atoms with Gasteiger partial charge in [0.25, 0.3) is 5.91 Å². The lowest BCUT2D eigenvalue weighted by molar-refractivity contribution is -0.112. The third-order valence-corrected chi connectivity index (χ3v) is 4.65. The number of halogens is 1. The Hall–Kier alpha value is -3.91. The quantitative estimate of drug-likeness (QED) is 0.435. The Kier molecular flexibility index (Phi) is 6.61. The van der Waals surface area contributed by atoms with Crippen molar-refractivity contribution >= 4 is 17.7 Å². The number of nitriles is 1. The molecular formula is C25H21FN2O2. The maximum Gasteiger partial charge on any atom is 0.266 e. The molecule has 0 atom stereocenters. The van der Waals surface area contributed by atoms with Crippen LogP contribution in [0.25, 0.3) is 6.08 Å². The number of carbonyl (C=O) groups excluding carboxylic acids is 1. The van der Waals surface area contributed by atoms with E-state index in [1.807, 2.05) is 30.3 Å². The summed E-state index contributed by atoms with van der Waals surface area (Å²) in [5, 5.41) is 12.0. The van der Waals surface area contributed by atoms with E-state index in [2.05, 4.69) is 25.2 Å². The fraction of sp³-hybridized carbons (Fsp3) is 0.120. The number of hydrogen-bond acceptors (Lipinski definition) is 3. The van der Waals surface area contributed by atoms with Crippen LogP contribution in [0.2, 0.25) is 0 Å². The Balaban J connectivity index is 1.77. The molecule has 0 spiro atoms. The molecule has 0 aliphatic heterocycles. The highest BCUT2D eigenvalue weighted by molar-refractivity contribution is 6.09. The fourth-order valence-corrected chi connectivity index (χ4v) is 2.82. The minimum atomic E-state index is -0.576. The molecule has 30 heavy (non-hydrogen) atoms. The largest absolute Gasteiger partial charge is 0.488 e. The first-order valence-corrected chi connectivity index (χ1v) is 9.43. The molecule has 0 radical (unpaired) electrons. The summed E-state index contributed by atoms with van der Waals surface area (Å²) in [6, 6.07) is 20.6. The highest BCUT2D eigenvalue weighted by atomic mass is 19.1. The van der Waals surface area contributed by atoms with Gasteiger partial charge in [-0.25, -0.2) is 4.39 Å². The molecule has 5 heteroatoms. The van der Waals surface area contributed by atoms with E-state index in [4.69, 9.17) is 4.74 Å². The number of carbonyl (C=O) groups is 1.